The molecule has 0 aliphatic heterocycles. The Bertz CT molecular complexity index is 1680. The second kappa shape index (κ2) is 57.2. The molecule has 0 bridgehead atoms. The third-order valence-corrected chi connectivity index (χ3v) is 17.0. The standard InChI is InChI=1S/C66H128O17P2/c1-8-9-10-11-12-26-33-40-47-63(68)76-53-61(83-66(71)50-43-36-29-22-16-19-25-32-39-46-59(6)7)55-80-84(72,73)78-51-60(67)52-79-85(74,75)81-56-62(54-77-64(69)48-41-34-27-21-15-18-24-31-38-45-58(4)5)82-65(70)49-42-35-28-20-14-13-17-23-30-37-44-57(2)3/h57-62,67H,8-56H2,1-7H3,(H,72,73)(H,74,75)/t60-,61+,62+/m0/s1. The van der Waals surface area contributed by atoms with E-state index in [0.717, 1.165) is 114 Å². The van der Waals surface area contributed by atoms with E-state index < -0.39 is 97.5 Å². The lowest BCUT2D eigenvalue weighted by molar-refractivity contribution is -0.161. The van der Waals surface area contributed by atoms with Crippen LogP contribution in [0.3, 0.4) is 0 Å². The number of aliphatic hydroxyl groups is 1. The minimum atomic E-state index is -4.95. The maximum atomic E-state index is 13.0. The molecule has 0 aromatic carbocycles. The predicted molar refractivity (Wildman–Crippen MR) is 340 cm³/mol. The number of rotatable bonds is 64. The lowest BCUT2D eigenvalue weighted by Crippen LogP contribution is -2.30. The molecule has 0 aliphatic carbocycles. The molecule has 0 heterocycles. The fourth-order valence-electron chi connectivity index (χ4n) is 9.83. The minimum absolute atomic E-state index is 0.105. The highest BCUT2D eigenvalue weighted by Crippen LogP contribution is 2.45. The summed E-state index contributed by atoms with van der Waals surface area (Å²) in [5, 5.41) is 10.5. The Morgan fingerprint density at radius 2 is 0.541 bits per heavy atom. The van der Waals surface area contributed by atoms with Gasteiger partial charge in [-0.15, -0.1) is 0 Å². The van der Waals surface area contributed by atoms with Crippen molar-refractivity contribution in [2.75, 3.05) is 39.6 Å². The van der Waals surface area contributed by atoms with E-state index in [4.69, 9.17) is 37.0 Å². The van der Waals surface area contributed by atoms with E-state index in [1.165, 1.54) is 128 Å². The second-order valence-corrected chi connectivity index (χ2v) is 28.2. The van der Waals surface area contributed by atoms with Crippen molar-refractivity contribution in [3.05, 3.63) is 0 Å². The van der Waals surface area contributed by atoms with Crippen LogP contribution in [0, 0.1) is 17.8 Å². The summed E-state index contributed by atoms with van der Waals surface area (Å²) >= 11 is 0. The zero-order chi connectivity index (χ0) is 63.1. The molecule has 0 aromatic heterocycles. The van der Waals surface area contributed by atoms with Crippen molar-refractivity contribution in [3.8, 4) is 0 Å². The minimum Gasteiger partial charge on any atom is -0.462 e. The van der Waals surface area contributed by atoms with Gasteiger partial charge in [0.25, 0.3) is 0 Å². The van der Waals surface area contributed by atoms with Gasteiger partial charge in [0.05, 0.1) is 26.4 Å². The summed E-state index contributed by atoms with van der Waals surface area (Å²) in [6, 6.07) is 0. The fourth-order valence-corrected chi connectivity index (χ4v) is 11.4. The van der Waals surface area contributed by atoms with Crippen LogP contribution in [-0.2, 0) is 65.4 Å². The van der Waals surface area contributed by atoms with Crippen LogP contribution in [0.15, 0.2) is 0 Å². The molecule has 0 fully saturated rings. The SMILES string of the molecule is CCCCCCCCCCC(=O)OC[C@H](COP(=O)(O)OC[C@H](O)COP(=O)(O)OC[C@@H](COC(=O)CCCCCCCCCCCC(C)C)OC(=O)CCCCCCCCCCCCC(C)C)OC(=O)CCCCCCCCCCCC(C)C. The first-order valence-corrected chi connectivity index (χ1v) is 37.3. The van der Waals surface area contributed by atoms with E-state index in [0.29, 0.717) is 25.7 Å². The average molecular weight is 1260 g/mol. The Morgan fingerprint density at radius 3 is 0.800 bits per heavy atom. The first-order valence-electron chi connectivity index (χ1n) is 34.3. The van der Waals surface area contributed by atoms with Gasteiger partial charge in [0, 0.05) is 25.7 Å². The first kappa shape index (κ1) is 83.1. The van der Waals surface area contributed by atoms with E-state index >= 15 is 0 Å². The molecule has 3 N–H and O–H groups in total. The molecule has 5 atom stereocenters. The van der Waals surface area contributed by atoms with Crippen LogP contribution in [0.2, 0.25) is 0 Å². The number of esters is 4. The third-order valence-electron chi connectivity index (χ3n) is 15.1. The lowest BCUT2D eigenvalue weighted by atomic mass is 10.0. The van der Waals surface area contributed by atoms with Gasteiger partial charge in [0.1, 0.15) is 19.3 Å². The fraction of sp³-hybridized carbons (Fsp3) is 0.939. The Kier molecular flexibility index (Phi) is 55.9. The molecule has 0 radical (unpaired) electrons. The molecular formula is C66H128O17P2. The van der Waals surface area contributed by atoms with Crippen molar-refractivity contribution in [2.45, 2.75) is 343 Å². The van der Waals surface area contributed by atoms with Crippen LogP contribution in [0.5, 0.6) is 0 Å². The van der Waals surface area contributed by atoms with Crippen molar-refractivity contribution in [1.29, 1.82) is 0 Å². The number of carbonyl (C=O) groups excluding carboxylic acids is 4. The van der Waals surface area contributed by atoms with Gasteiger partial charge in [-0.3, -0.25) is 37.3 Å². The van der Waals surface area contributed by atoms with Gasteiger partial charge < -0.3 is 33.8 Å². The van der Waals surface area contributed by atoms with Crippen LogP contribution in [-0.4, -0.2) is 96.7 Å². The van der Waals surface area contributed by atoms with E-state index in [1.807, 2.05) is 0 Å². The highest BCUT2D eigenvalue weighted by Gasteiger charge is 2.30. The molecule has 2 unspecified atom stereocenters. The maximum Gasteiger partial charge on any atom is 0.472 e. The third kappa shape index (κ3) is 60.7. The van der Waals surface area contributed by atoms with E-state index in [-0.39, 0.29) is 25.7 Å². The lowest BCUT2D eigenvalue weighted by Gasteiger charge is -2.21. The molecule has 0 saturated heterocycles. The smallest absolute Gasteiger partial charge is 0.462 e. The van der Waals surface area contributed by atoms with E-state index in [1.54, 1.807) is 0 Å². The van der Waals surface area contributed by atoms with Crippen LogP contribution in [0.4, 0.5) is 0 Å². The second-order valence-electron chi connectivity index (χ2n) is 25.3. The molecule has 19 heteroatoms. The van der Waals surface area contributed by atoms with E-state index in [2.05, 4.69) is 48.5 Å². The van der Waals surface area contributed by atoms with Crippen molar-refractivity contribution in [3.63, 3.8) is 0 Å². The number of phosphoric acid groups is 2. The van der Waals surface area contributed by atoms with Gasteiger partial charge in [0.15, 0.2) is 12.2 Å². The number of carbonyl (C=O) groups is 4. The highest BCUT2D eigenvalue weighted by molar-refractivity contribution is 7.47. The molecule has 17 nitrogen and oxygen atoms in total. The van der Waals surface area contributed by atoms with Crippen molar-refractivity contribution >= 4 is 39.5 Å². The molecule has 0 aromatic rings. The molecule has 0 spiro atoms. The summed E-state index contributed by atoms with van der Waals surface area (Å²) in [4.78, 5) is 72.3. The largest absolute Gasteiger partial charge is 0.472 e. The Hall–Kier alpha value is -1.94. The van der Waals surface area contributed by atoms with Crippen molar-refractivity contribution < 1.29 is 80.2 Å². The predicted octanol–water partition coefficient (Wildman–Crippen LogP) is 18.3. The molecule has 0 rings (SSSR count). The van der Waals surface area contributed by atoms with E-state index in [9.17, 15) is 43.2 Å². The number of unbranched alkanes of at least 4 members (excludes halogenated alkanes) is 32. The monoisotopic (exact) mass is 1250 g/mol. The van der Waals surface area contributed by atoms with Gasteiger partial charge in [-0.05, 0) is 43.4 Å². The van der Waals surface area contributed by atoms with Crippen LogP contribution < -0.4 is 0 Å². The number of aliphatic hydroxyl groups excluding tert-OH is 1. The van der Waals surface area contributed by atoms with Gasteiger partial charge in [-0.25, -0.2) is 9.13 Å². The van der Waals surface area contributed by atoms with Crippen LogP contribution in [0.1, 0.15) is 325 Å². The summed E-state index contributed by atoms with van der Waals surface area (Å²) in [6.45, 7) is 11.7. The highest BCUT2D eigenvalue weighted by atomic mass is 31.2. The van der Waals surface area contributed by atoms with Gasteiger partial charge >= 0.3 is 39.5 Å². The van der Waals surface area contributed by atoms with Crippen molar-refractivity contribution in [1.82, 2.24) is 0 Å². The Labute approximate surface area is 517 Å². The molecule has 0 amide bonds. The summed E-state index contributed by atoms with van der Waals surface area (Å²) in [7, 11) is -9.89. The number of ether oxygens (including phenoxy) is 4. The normalized spacial score (nSPS) is 14.3. The molecule has 504 valence electrons. The zero-order valence-electron chi connectivity index (χ0n) is 55.1. The molecule has 0 saturated carbocycles. The summed E-state index contributed by atoms with van der Waals surface area (Å²) in [5.74, 6) is 0.0975. The van der Waals surface area contributed by atoms with Gasteiger partial charge in [0.2, 0.25) is 0 Å². The molecule has 0 aliphatic rings. The van der Waals surface area contributed by atoms with Gasteiger partial charge in [-0.2, -0.15) is 0 Å². The number of hydrogen-bond acceptors (Lipinski definition) is 15. The quantitative estimate of drug-likeness (QED) is 0.0222. The first-order chi connectivity index (χ1) is 40.7. The number of hydrogen-bond donors (Lipinski definition) is 3. The Balaban J connectivity index is 5.24. The molecule has 85 heavy (non-hydrogen) atoms. The number of phosphoric ester groups is 2. The zero-order valence-corrected chi connectivity index (χ0v) is 56.9. The molecular weight excluding hydrogens is 1130 g/mol. The summed E-state index contributed by atoms with van der Waals surface area (Å²) in [6.07, 6.45) is 39.0. The Morgan fingerprint density at radius 1 is 0.318 bits per heavy atom. The topological polar surface area (TPSA) is 237 Å². The van der Waals surface area contributed by atoms with Gasteiger partial charge in [-0.1, -0.05) is 273 Å². The maximum absolute atomic E-state index is 13.0. The van der Waals surface area contributed by atoms with Crippen LogP contribution in [0.25, 0.3) is 0 Å². The summed E-state index contributed by atoms with van der Waals surface area (Å²) in [5.41, 5.74) is 0. The summed E-state index contributed by atoms with van der Waals surface area (Å²) < 4.78 is 68.1. The van der Waals surface area contributed by atoms with Crippen LogP contribution >= 0.6 is 15.6 Å². The van der Waals surface area contributed by atoms with Crippen molar-refractivity contribution in [2.24, 2.45) is 17.8 Å². The average Bonchev–Trinajstić information content (AvgIpc) is 3.58.